The minimum atomic E-state index is 0. The molecule has 1 unspecified atom stereocenters. The SMILES string of the molecule is CC(C#N)c1ccccc1.[CH3-].[Y]. The number of benzene rings is 1. The second kappa shape index (κ2) is 7.46. The third-order valence-corrected chi connectivity index (χ3v) is 1.49. The molecule has 61 valence electrons. The Hall–Kier alpha value is -0.186. The summed E-state index contributed by atoms with van der Waals surface area (Å²) >= 11 is 0. The maximum atomic E-state index is 8.54. The van der Waals surface area contributed by atoms with Gasteiger partial charge in [-0.05, 0) is 12.5 Å². The van der Waals surface area contributed by atoms with Gasteiger partial charge in [-0.15, -0.1) is 0 Å². The van der Waals surface area contributed by atoms with Gasteiger partial charge < -0.3 is 7.43 Å². The Bertz CT molecular complexity index is 238. The molecule has 0 aromatic heterocycles. The molecule has 0 N–H and O–H groups in total. The summed E-state index contributed by atoms with van der Waals surface area (Å²) < 4.78 is 0. The summed E-state index contributed by atoms with van der Waals surface area (Å²) in [6.45, 7) is 1.90. The van der Waals surface area contributed by atoms with Crippen LogP contribution in [0.3, 0.4) is 0 Å². The van der Waals surface area contributed by atoms with E-state index in [9.17, 15) is 0 Å². The van der Waals surface area contributed by atoms with Gasteiger partial charge in [0.25, 0.3) is 0 Å². The second-order valence-corrected chi connectivity index (χ2v) is 2.26. The van der Waals surface area contributed by atoms with Gasteiger partial charge in [0.05, 0.1) is 12.0 Å². The number of rotatable bonds is 1. The standard InChI is InChI=1S/C9H9N.CH3.Y/c1-8(7-10)9-5-3-2-4-6-9;;/h2-6,8H,1H3;1H3;/q;-1;. The molecule has 1 aromatic carbocycles. The van der Waals surface area contributed by atoms with Crippen LogP contribution in [0, 0.1) is 18.8 Å². The van der Waals surface area contributed by atoms with E-state index in [0.717, 1.165) is 5.56 Å². The van der Waals surface area contributed by atoms with E-state index in [0.29, 0.717) is 0 Å². The van der Waals surface area contributed by atoms with Gasteiger partial charge >= 0.3 is 0 Å². The molecule has 12 heavy (non-hydrogen) atoms. The van der Waals surface area contributed by atoms with Crippen LogP contribution >= 0.6 is 0 Å². The molecule has 0 spiro atoms. The van der Waals surface area contributed by atoms with Gasteiger partial charge in [0, 0.05) is 32.7 Å². The summed E-state index contributed by atoms with van der Waals surface area (Å²) in [7, 11) is 0. The molecule has 0 aliphatic rings. The number of nitrogens with zero attached hydrogens (tertiary/aromatic N) is 1. The molecular formula is C10H12NY-. The van der Waals surface area contributed by atoms with Crippen molar-refractivity contribution in [1.82, 2.24) is 0 Å². The number of hydrogen-bond acceptors (Lipinski definition) is 1. The molecule has 1 rings (SSSR count). The van der Waals surface area contributed by atoms with Crippen LogP contribution in [0.1, 0.15) is 18.4 Å². The first-order valence-corrected chi connectivity index (χ1v) is 3.29. The molecule has 0 aliphatic heterocycles. The van der Waals surface area contributed by atoms with Crippen LogP contribution < -0.4 is 0 Å². The van der Waals surface area contributed by atoms with E-state index in [4.69, 9.17) is 5.26 Å². The Morgan fingerprint density at radius 2 is 1.75 bits per heavy atom. The van der Waals surface area contributed by atoms with E-state index in [2.05, 4.69) is 6.07 Å². The molecule has 0 saturated carbocycles. The number of hydrogen-bond donors (Lipinski definition) is 0. The molecule has 2 heteroatoms. The zero-order valence-corrected chi connectivity index (χ0v) is 10.3. The molecule has 0 aliphatic carbocycles. The van der Waals surface area contributed by atoms with Gasteiger partial charge in [-0.25, -0.2) is 0 Å². The summed E-state index contributed by atoms with van der Waals surface area (Å²) in [5.74, 6) is 0.0150. The molecule has 1 nitrogen and oxygen atoms in total. The second-order valence-electron chi connectivity index (χ2n) is 2.26. The van der Waals surface area contributed by atoms with Crippen molar-refractivity contribution in [2.24, 2.45) is 0 Å². The van der Waals surface area contributed by atoms with Gasteiger partial charge in [-0.2, -0.15) is 5.26 Å². The number of nitriles is 1. The molecule has 1 radical (unpaired) electrons. The molecule has 0 fully saturated rings. The van der Waals surface area contributed by atoms with Crippen molar-refractivity contribution < 1.29 is 32.7 Å². The summed E-state index contributed by atoms with van der Waals surface area (Å²) in [6, 6.07) is 12.0. The van der Waals surface area contributed by atoms with Gasteiger partial charge in [0.2, 0.25) is 0 Å². The fourth-order valence-corrected chi connectivity index (χ4v) is 0.816. The first kappa shape index (κ1) is 14.3. The summed E-state index contributed by atoms with van der Waals surface area (Å²) in [5, 5.41) is 8.54. The largest absolute Gasteiger partial charge is 0.358 e. The van der Waals surface area contributed by atoms with Crippen LogP contribution in [0.15, 0.2) is 30.3 Å². The van der Waals surface area contributed by atoms with Crippen molar-refractivity contribution in [1.29, 1.82) is 5.26 Å². The minimum absolute atomic E-state index is 0. The van der Waals surface area contributed by atoms with Crippen LogP contribution in [0.4, 0.5) is 0 Å². The first-order chi connectivity index (χ1) is 4.84. The van der Waals surface area contributed by atoms with E-state index in [1.54, 1.807) is 0 Å². The molecule has 0 heterocycles. The maximum absolute atomic E-state index is 8.54. The predicted octanol–water partition coefficient (Wildman–Crippen LogP) is 2.76. The Kier molecular flexibility index (Phi) is 8.92. The van der Waals surface area contributed by atoms with Crippen LogP contribution in [-0.4, -0.2) is 0 Å². The maximum Gasteiger partial charge on any atom is 0.0700 e. The Labute approximate surface area is 99.7 Å². The molecule has 0 bridgehead atoms. The Morgan fingerprint density at radius 3 is 2.17 bits per heavy atom. The van der Waals surface area contributed by atoms with E-state index >= 15 is 0 Å². The van der Waals surface area contributed by atoms with Gasteiger partial charge in [0.15, 0.2) is 0 Å². The van der Waals surface area contributed by atoms with Crippen LogP contribution in [0.25, 0.3) is 0 Å². The van der Waals surface area contributed by atoms with Crippen molar-refractivity contribution in [2.45, 2.75) is 12.8 Å². The third kappa shape index (κ3) is 4.00. The molecule has 0 amide bonds. The monoisotopic (exact) mass is 235 g/mol. The average molecular weight is 235 g/mol. The Balaban J connectivity index is 0. The fraction of sp³-hybridized carbons (Fsp3) is 0.200. The molecular weight excluding hydrogens is 223 g/mol. The quantitative estimate of drug-likeness (QED) is 0.686. The molecule has 1 atom stereocenters. The van der Waals surface area contributed by atoms with Crippen LogP contribution in [0.2, 0.25) is 0 Å². The zero-order valence-electron chi connectivity index (χ0n) is 7.49. The van der Waals surface area contributed by atoms with E-state index < -0.39 is 0 Å². The summed E-state index contributed by atoms with van der Waals surface area (Å²) in [5.41, 5.74) is 1.09. The van der Waals surface area contributed by atoms with Crippen LogP contribution in [-0.2, 0) is 32.7 Å². The Morgan fingerprint density at radius 1 is 1.25 bits per heavy atom. The van der Waals surface area contributed by atoms with E-state index in [1.165, 1.54) is 0 Å². The zero-order chi connectivity index (χ0) is 7.40. The van der Waals surface area contributed by atoms with Crippen LogP contribution in [0.5, 0.6) is 0 Å². The van der Waals surface area contributed by atoms with E-state index in [-0.39, 0.29) is 46.1 Å². The van der Waals surface area contributed by atoms with Crippen molar-refractivity contribution in [3.8, 4) is 6.07 Å². The summed E-state index contributed by atoms with van der Waals surface area (Å²) in [6.07, 6.45) is 0. The van der Waals surface area contributed by atoms with Gasteiger partial charge in [-0.3, -0.25) is 0 Å². The molecule has 0 saturated heterocycles. The smallest absolute Gasteiger partial charge is 0.0700 e. The minimum Gasteiger partial charge on any atom is -0.358 e. The fourth-order valence-electron chi connectivity index (χ4n) is 0.816. The van der Waals surface area contributed by atoms with Crippen molar-refractivity contribution >= 4 is 0 Å². The van der Waals surface area contributed by atoms with Gasteiger partial charge in [-0.1, -0.05) is 30.3 Å². The van der Waals surface area contributed by atoms with Crippen molar-refractivity contribution in [2.75, 3.05) is 0 Å². The topological polar surface area (TPSA) is 23.8 Å². The summed E-state index contributed by atoms with van der Waals surface area (Å²) in [4.78, 5) is 0. The third-order valence-electron chi connectivity index (χ3n) is 1.49. The normalized spacial score (nSPS) is 10.0. The average Bonchev–Trinajstić information content (AvgIpc) is 2.05. The van der Waals surface area contributed by atoms with Crippen molar-refractivity contribution in [3.05, 3.63) is 43.3 Å². The first-order valence-electron chi connectivity index (χ1n) is 3.29. The van der Waals surface area contributed by atoms with E-state index in [1.807, 2.05) is 37.3 Å². The van der Waals surface area contributed by atoms with Gasteiger partial charge in [0.1, 0.15) is 0 Å². The molecule has 1 aromatic rings. The van der Waals surface area contributed by atoms with Crippen molar-refractivity contribution in [3.63, 3.8) is 0 Å². The predicted molar refractivity (Wildman–Crippen MR) is 46.9 cm³/mol.